The van der Waals surface area contributed by atoms with Crippen LogP contribution in [0.1, 0.15) is 42.0 Å². The largest absolute Gasteiger partial charge is 0.343 e. The molecule has 1 unspecified atom stereocenters. The molecule has 0 N–H and O–H groups in total. The van der Waals surface area contributed by atoms with Gasteiger partial charge in [0.15, 0.2) is 0 Å². The van der Waals surface area contributed by atoms with E-state index in [-0.39, 0.29) is 0 Å². The molecule has 3 aromatic carbocycles. The Morgan fingerprint density at radius 2 is 1.34 bits per heavy atom. The second-order valence-electron chi connectivity index (χ2n) is 8.12. The minimum absolute atomic E-state index is 0.318. The maximum atomic E-state index is 2.69. The number of hydrogen-bond acceptors (Lipinski definition) is 1. The van der Waals surface area contributed by atoms with E-state index in [9.17, 15) is 0 Å². The Kier molecular flexibility index (Phi) is 5.19. The SMILES string of the molecule is c1ccc(Cn2cc(C(c3ccccc3)N3CCCCC3)c3ccccc32)cc1. The fourth-order valence-electron chi connectivity index (χ4n) is 4.80. The lowest BCUT2D eigenvalue weighted by molar-refractivity contribution is 0.188. The quantitative estimate of drug-likeness (QED) is 0.396. The molecule has 0 saturated carbocycles. The van der Waals surface area contributed by atoms with Gasteiger partial charge in [0.25, 0.3) is 0 Å². The Labute approximate surface area is 173 Å². The molecule has 2 nitrogen and oxygen atoms in total. The van der Waals surface area contributed by atoms with Crippen molar-refractivity contribution >= 4 is 10.9 Å². The molecule has 5 rings (SSSR count). The van der Waals surface area contributed by atoms with Crippen molar-refractivity contribution in [3.05, 3.63) is 108 Å². The number of hydrogen-bond donors (Lipinski definition) is 0. The Hall–Kier alpha value is -2.84. The lowest BCUT2D eigenvalue weighted by atomic mass is 9.94. The molecule has 4 aromatic rings. The third-order valence-corrected chi connectivity index (χ3v) is 6.18. The van der Waals surface area contributed by atoms with Crippen LogP contribution in [0.2, 0.25) is 0 Å². The molecule has 1 aromatic heterocycles. The van der Waals surface area contributed by atoms with Crippen LogP contribution in [0, 0.1) is 0 Å². The third kappa shape index (κ3) is 3.73. The van der Waals surface area contributed by atoms with Gasteiger partial charge in [-0.05, 0) is 48.7 Å². The topological polar surface area (TPSA) is 8.17 Å². The summed E-state index contributed by atoms with van der Waals surface area (Å²) in [6, 6.07) is 31.1. The van der Waals surface area contributed by atoms with Crippen molar-refractivity contribution in [2.45, 2.75) is 31.8 Å². The highest BCUT2D eigenvalue weighted by molar-refractivity contribution is 5.85. The zero-order chi connectivity index (χ0) is 19.5. The van der Waals surface area contributed by atoms with Gasteiger partial charge in [0.05, 0.1) is 6.04 Å². The molecule has 146 valence electrons. The van der Waals surface area contributed by atoms with E-state index in [1.54, 1.807) is 0 Å². The first kappa shape index (κ1) is 18.2. The van der Waals surface area contributed by atoms with Crippen molar-refractivity contribution in [3.8, 4) is 0 Å². The maximum absolute atomic E-state index is 2.69. The van der Waals surface area contributed by atoms with E-state index in [1.807, 2.05) is 0 Å². The number of para-hydroxylation sites is 1. The summed E-state index contributed by atoms with van der Waals surface area (Å²) in [6.45, 7) is 3.26. The second-order valence-corrected chi connectivity index (χ2v) is 8.12. The van der Waals surface area contributed by atoms with E-state index in [1.165, 1.54) is 59.9 Å². The Balaban J connectivity index is 1.63. The number of nitrogens with zero attached hydrogens (tertiary/aromatic N) is 2. The van der Waals surface area contributed by atoms with Crippen LogP contribution >= 0.6 is 0 Å². The molecule has 2 heteroatoms. The molecule has 1 aliphatic rings. The molecule has 1 saturated heterocycles. The summed E-state index contributed by atoms with van der Waals surface area (Å²) in [5.41, 5.74) is 5.50. The monoisotopic (exact) mass is 380 g/mol. The van der Waals surface area contributed by atoms with Crippen molar-refractivity contribution in [3.63, 3.8) is 0 Å². The number of piperidine rings is 1. The van der Waals surface area contributed by atoms with Gasteiger partial charge in [0, 0.05) is 23.6 Å². The highest BCUT2D eigenvalue weighted by Gasteiger charge is 2.26. The van der Waals surface area contributed by atoms with Crippen LogP contribution in [-0.4, -0.2) is 22.6 Å². The van der Waals surface area contributed by atoms with Crippen molar-refractivity contribution in [2.24, 2.45) is 0 Å². The van der Waals surface area contributed by atoms with Gasteiger partial charge in [-0.1, -0.05) is 85.3 Å². The van der Waals surface area contributed by atoms with E-state index >= 15 is 0 Å². The zero-order valence-electron chi connectivity index (χ0n) is 16.9. The normalized spacial score (nSPS) is 16.1. The average molecular weight is 381 g/mol. The van der Waals surface area contributed by atoms with E-state index in [4.69, 9.17) is 0 Å². The standard InChI is InChI=1S/C27H28N2/c1-4-12-22(13-5-1)20-29-21-25(24-16-8-9-17-26(24)29)27(23-14-6-2-7-15-23)28-18-10-3-11-19-28/h1-2,4-9,12-17,21,27H,3,10-11,18-20H2. The molecule has 2 heterocycles. The fourth-order valence-corrected chi connectivity index (χ4v) is 4.80. The molecular formula is C27H28N2. The number of rotatable bonds is 5. The summed E-state index contributed by atoms with van der Waals surface area (Å²) in [5, 5.41) is 1.38. The predicted molar refractivity (Wildman–Crippen MR) is 121 cm³/mol. The van der Waals surface area contributed by atoms with E-state index in [0.29, 0.717) is 6.04 Å². The molecule has 29 heavy (non-hydrogen) atoms. The van der Waals surface area contributed by atoms with E-state index in [2.05, 4.69) is 101 Å². The predicted octanol–water partition coefficient (Wildman–Crippen LogP) is 6.26. The lowest BCUT2D eigenvalue weighted by Gasteiger charge is -2.35. The summed E-state index contributed by atoms with van der Waals surface area (Å²) in [5.74, 6) is 0. The molecule has 1 aliphatic heterocycles. The van der Waals surface area contributed by atoms with Crippen molar-refractivity contribution in [1.82, 2.24) is 9.47 Å². The van der Waals surface area contributed by atoms with Gasteiger partial charge in [0.1, 0.15) is 0 Å². The fraction of sp³-hybridized carbons (Fsp3) is 0.259. The van der Waals surface area contributed by atoms with Gasteiger partial charge in [-0.2, -0.15) is 0 Å². The highest BCUT2D eigenvalue weighted by Crippen LogP contribution is 2.36. The summed E-state index contributed by atoms with van der Waals surface area (Å²) in [6.07, 6.45) is 6.36. The van der Waals surface area contributed by atoms with Crippen LogP contribution in [0.15, 0.2) is 91.1 Å². The molecule has 0 radical (unpaired) electrons. The number of likely N-dealkylation sites (tertiary alicyclic amines) is 1. The first-order chi connectivity index (χ1) is 14.4. The first-order valence-corrected chi connectivity index (χ1v) is 10.8. The first-order valence-electron chi connectivity index (χ1n) is 10.8. The van der Waals surface area contributed by atoms with Gasteiger partial charge in [-0.25, -0.2) is 0 Å². The number of aromatic nitrogens is 1. The summed E-state index contributed by atoms with van der Waals surface area (Å²) in [4.78, 5) is 2.69. The molecule has 1 fully saturated rings. The van der Waals surface area contributed by atoms with E-state index < -0.39 is 0 Å². The molecular weight excluding hydrogens is 352 g/mol. The minimum Gasteiger partial charge on any atom is -0.343 e. The van der Waals surface area contributed by atoms with Crippen LogP contribution in [0.4, 0.5) is 0 Å². The van der Waals surface area contributed by atoms with Gasteiger partial charge >= 0.3 is 0 Å². The van der Waals surface area contributed by atoms with Crippen molar-refractivity contribution in [1.29, 1.82) is 0 Å². The molecule has 0 amide bonds. The van der Waals surface area contributed by atoms with Crippen LogP contribution in [0.3, 0.4) is 0 Å². The van der Waals surface area contributed by atoms with Crippen LogP contribution < -0.4 is 0 Å². The van der Waals surface area contributed by atoms with Gasteiger partial charge < -0.3 is 4.57 Å². The summed E-state index contributed by atoms with van der Waals surface area (Å²) >= 11 is 0. The van der Waals surface area contributed by atoms with Gasteiger partial charge in [0.2, 0.25) is 0 Å². The molecule has 1 atom stereocenters. The van der Waals surface area contributed by atoms with Crippen LogP contribution in [0.5, 0.6) is 0 Å². The Morgan fingerprint density at radius 3 is 2.10 bits per heavy atom. The molecule has 0 bridgehead atoms. The Morgan fingerprint density at radius 1 is 0.690 bits per heavy atom. The van der Waals surface area contributed by atoms with Gasteiger partial charge in [-0.3, -0.25) is 4.90 Å². The highest BCUT2D eigenvalue weighted by atomic mass is 15.2. The summed E-state index contributed by atoms with van der Waals surface area (Å²) < 4.78 is 2.43. The van der Waals surface area contributed by atoms with Gasteiger partial charge in [-0.15, -0.1) is 0 Å². The maximum Gasteiger partial charge on any atom is 0.0623 e. The average Bonchev–Trinajstić information content (AvgIpc) is 3.14. The number of benzene rings is 3. The molecule has 0 aliphatic carbocycles. The summed E-state index contributed by atoms with van der Waals surface area (Å²) in [7, 11) is 0. The lowest BCUT2D eigenvalue weighted by Crippen LogP contribution is -2.34. The van der Waals surface area contributed by atoms with Crippen LogP contribution in [-0.2, 0) is 6.54 Å². The molecule has 0 spiro atoms. The smallest absolute Gasteiger partial charge is 0.0623 e. The van der Waals surface area contributed by atoms with Crippen molar-refractivity contribution < 1.29 is 0 Å². The number of fused-ring (bicyclic) bond motifs is 1. The third-order valence-electron chi connectivity index (χ3n) is 6.18. The van der Waals surface area contributed by atoms with Crippen LogP contribution in [0.25, 0.3) is 10.9 Å². The second kappa shape index (κ2) is 8.26. The minimum atomic E-state index is 0.318. The zero-order valence-corrected chi connectivity index (χ0v) is 16.9. The van der Waals surface area contributed by atoms with Crippen molar-refractivity contribution in [2.75, 3.05) is 13.1 Å². The Bertz CT molecular complexity index is 1060. The van der Waals surface area contributed by atoms with E-state index in [0.717, 1.165) is 6.54 Å².